The second-order valence-corrected chi connectivity index (χ2v) is 7.36. The van der Waals surface area contributed by atoms with E-state index in [9.17, 15) is 0 Å². The molecular formula is C23H22N6. The van der Waals surface area contributed by atoms with Gasteiger partial charge in [-0.2, -0.15) is 5.10 Å². The van der Waals surface area contributed by atoms with E-state index in [0.29, 0.717) is 24.0 Å². The van der Waals surface area contributed by atoms with Crippen molar-refractivity contribution in [1.29, 1.82) is 5.41 Å². The summed E-state index contributed by atoms with van der Waals surface area (Å²) in [4.78, 5) is 9.25. The van der Waals surface area contributed by atoms with E-state index < -0.39 is 0 Å². The largest absolute Gasteiger partial charge is 0.382 e. The van der Waals surface area contributed by atoms with Gasteiger partial charge in [-0.3, -0.25) is 4.98 Å². The Bertz CT molecular complexity index is 1200. The van der Waals surface area contributed by atoms with Crippen molar-refractivity contribution in [1.82, 2.24) is 19.7 Å². The van der Waals surface area contributed by atoms with Gasteiger partial charge in [0.2, 0.25) is 0 Å². The Morgan fingerprint density at radius 1 is 1.14 bits per heavy atom. The highest BCUT2D eigenvalue weighted by Crippen LogP contribution is 2.32. The molecule has 0 spiro atoms. The van der Waals surface area contributed by atoms with Crippen LogP contribution in [0.5, 0.6) is 0 Å². The molecule has 1 fully saturated rings. The fourth-order valence-corrected chi connectivity index (χ4v) is 3.48. The van der Waals surface area contributed by atoms with Crippen molar-refractivity contribution >= 4 is 22.4 Å². The summed E-state index contributed by atoms with van der Waals surface area (Å²) in [5.74, 6) is 0.686. The summed E-state index contributed by atoms with van der Waals surface area (Å²) >= 11 is 0. The Balaban J connectivity index is 1.58. The highest BCUT2D eigenvalue weighted by Gasteiger charge is 2.23. The Morgan fingerprint density at radius 3 is 2.76 bits per heavy atom. The lowest BCUT2D eigenvalue weighted by molar-refractivity contribution is 0.853. The van der Waals surface area contributed by atoms with Crippen LogP contribution < -0.4 is 5.32 Å². The fraction of sp³-hybridized carbons (Fsp3) is 0.217. The van der Waals surface area contributed by atoms with Crippen LogP contribution in [0.3, 0.4) is 0 Å². The number of hydrogen-bond donors (Lipinski definition) is 2. The zero-order valence-corrected chi connectivity index (χ0v) is 16.3. The van der Waals surface area contributed by atoms with E-state index in [0.717, 1.165) is 33.5 Å². The van der Waals surface area contributed by atoms with Crippen LogP contribution in [0, 0.1) is 5.41 Å². The molecule has 0 amide bonds. The minimum atomic E-state index is 0.518. The first kappa shape index (κ1) is 17.6. The van der Waals surface area contributed by atoms with Gasteiger partial charge in [0.15, 0.2) is 5.82 Å². The Morgan fingerprint density at radius 2 is 1.97 bits per heavy atom. The molecule has 1 saturated carbocycles. The second kappa shape index (κ2) is 7.13. The van der Waals surface area contributed by atoms with Crippen LogP contribution in [0.15, 0.2) is 60.9 Å². The number of anilines is 1. The van der Waals surface area contributed by atoms with Crippen LogP contribution in [-0.2, 0) is 0 Å². The molecule has 2 aromatic carbocycles. The molecule has 2 aromatic heterocycles. The summed E-state index contributed by atoms with van der Waals surface area (Å²) in [6.07, 6.45) is 6.62. The lowest BCUT2D eigenvalue weighted by Crippen LogP contribution is -2.09. The molecule has 0 unspecified atom stereocenters. The molecule has 6 nitrogen and oxygen atoms in total. The topological polar surface area (TPSA) is 79.5 Å². The van der Waals surface area contributed by atoms with Gasteiger partial charge < -0.3 is 10.7 Å². The van der Waals surface area contributed by atoms with Gasteiger partial charge in [0, 0.05) is 28.6 Å². The van der Waals surface area contributed by atoms with E-state index in [4.69, 9.17) is 10.4 Å². The summed E-state index contributed by atoms with van der Waals surface area (Å²) in [7, 11) is 0. The maximum atomic E-state index is 8.31. The summed E-state index contributed by atoms with van der Waals surface area (Å²) in [5.41, 5.74) is 6.33. The number of rotatable bonds is 6. The molecular weight excluding hydrogens is 360 g/mol. The van der Waals surface area contributed by atoms with Gasteiger partial charge in [-0.15, -0.1) is 0 Å². The van der Waals surface area contributed by atoms with Crippen LogP contribution in [0.4, 0.5) is 5.69 Å². The standard InChI is InChI=1S/C23H22N6/c1-2-18(24)17-10-7-15(13-21(17)27-16-8-9-16)22-11-12-26-29(22)23-14-25-19-5-3-4-6-20(19)28-23/h3-7,10-14,16,24,27H,2,8-9H2,1H3. The van der Waals surface area contributed by atoms with Gasteiger partial charge in [-0.1, -0.05) is 31.2 Å². The van der Waals surface area contributed by atoms with E-state index in [2.05, 4.69) is 27.5 Å². The number of nitrogens with zero attached hydrogens (tertiary/aromatic N) is 4. The van der Waals surface area contributed by atoms with Gasteiger partial charge in [0.25, 0.3) is 0 Å². The SMILES string of the molecule is CCC(=N)c1ccc(-c2ccnn2-c2cnc3ccccc3n2)cc1NC1CC1. The van der Waals surface area contributed by atoms with Crippen LogP contribution in [-0.4, -0.2) is 31.5 Å². The molecule has 0 atom stereocenters. The normalized spacial score (nSPS) is 13.6. The summed E-state index contributed by atoms with van der Waals surface area (Å²) in [6, 6.07) is 16.5. The van der Waals surface area contributed by atoms with Crippen LogP contribution >= 0.6 is 0 Å². The summed E-state index contributed by atoms with van der Waals surface area (Å²) < 4.78 is 1.82. The fourth-order valence-electron chi connectivity index (χ4n) is 3.48. The molecule has 0 saturated heterocycles. The van der Waals surface area contributed by atoms with Gasteiger partial charge in [-0.25, -0.2) is 9.67 Å². The molecule has 144 valence electrons. The molecule has 0 aliphatic heterocycles. The predicted molar refractivity (Wildman–Crippen MR) is 116 cm³/mol. The molecule has 5 rings (SSSR count). The third kappa shape index (κ3) is 3.38. The van der Waals surface area contributed by atoms with Gasteiger partial charge in [0.05, 0.1) is 29.1 Å². The maximum absolute atomic E-state index is 8.31. The van der Waals surface area contributed by atoms with E-state index in [1.165, 1.54) is 12.8 Å². The third-order valence-electron chi connectivity index (χ3n) is 5.23. The molecule has 2 heterocycles. The minimum Gasteiger partial charge on any atom is -0.382 e. The first-order valence-electron chi connectivity index (χ1n) is 9.98. The molecule has 0 radical (unpaired) electrons. The van der Waals surface area contributed by atoms with Crippen molar-refractivity contribution in [3.63, 3.8) is 0 Å². The first-order valence-corrected chi connectivity index (χ1v) is 9.98. The van der Waals surface area contributed by atoms with Gasteiger partial charge in [-0.05, 0) is 43.5 Å². The number of para-hydroxylation sites is 2. The quantitative estimate of drug-likeness (QED) is 0.468. The highest BCUT2D eigenvalue weighted by atomic mass is 15.3. The Kier molecular flexibility index (Phi) is 4.31. The average molecular weight is 382 g/mol. The van der Waals surface area contributed by atoms with Crippen molar-refractivity contribution in [2.24, 2.45) is 0 Å². The molecule has 0 bridgehead atoms. The van der Waals surface area contributed by atoms with Crippen molar-refractivity contribution in [3.05, 3.63) is 66.5 Å². The minimum absolute atomic E-state index is 0.518. The third-order valence-corrected chi connectivity index (χ3v) is 5.23. The first-order chi connectivity index (χ1) is 14.2. The monoisotopic (exact) mass is 382 g/mol. The van der Waals surface area contributed by atoms with Crippen molar-refractivity contribution < 1.29 is 0 Å². The average Bonchev–Trinajstić information content (AvgIpc) is 3.44. The Labute approximate surface area is 169 Å². The number of nitrogens with one attached hydrogen (secondary N) is 2. The van der Waals surface area contributed by atoms with E-state index in [-0.39, 0.29) is 0 Å². The van der Waals surface area contributed by atoms with Crippen LogP contribution in [0.2, 0.25) is 0 Å². The van der Waals surface area contributed by atoms with Crippen LogP contribution in [0.25, 0.3) is 28.1 Å². The summed E-state index contributed by atoms with van der Waals surface area (Å²) in [6.45, 7) is 2.02. The predicted octanol–water partition coefficient (Wildman–Crippen LogP) is 4.83. The maximum Gasteiger partial charge on any atom is 0.173 e. The highest BCUT2D eigenvalue weighted by molar-refractivity contribution is 6.03. The number of benzene rings is 2. The Hall–Kier alpha value is -3.54. The smallest absolute Gasteiger partial charge is 0.173 e. The lowest BCUT2D eigenvalue weighted by Gasteiger charge is -2.14. The van der Waals surface area contributed by atoms with E-state index >= 15 is 0 Å². The van der Waals surface area contributed by atoms with Crippen molar-refractivity contribution in [2.45, 2.75) is 32.2 Å². The molecule has 1 aliphatic rings. The molecule has 2 N–H and O–H groups in total. The molecule has 4 aromatic rings. The number of hydrogen-bond acceptors (Lipinski definition) is 5. The van der Waals surface area contributed by atoms with Gasteiger partial charge >= 0.3 is 0 Å². The van der Waals surface area contributed by atoms with E-state index in [1.807, 2.05) is 48.0 Å². The van der Waals surface area contributed by atoms with Crippen molar-refractivity contribution in [3.8, 4) is 17.1 Å². The van der Waals surface area contributed by atoms with Crippen LogP contribution in [0.1, 0.15) is 31.7 Å². The van der Waals surface area contributed by atoms with Crippen molar-refractivity contribution in [2.75, 3.05) is 5.32 Å². The second-order valence-electron chi connectivity index (χ2n) is 7.36. The summed E-state index contributed by atoms with van der Waals surface area (Å²) in [5, 5.41) is 16.4. The molecule has 1 aliphatic carbocycles. The zero-order valence-electron chi connectivity index (χ0n) is 16.3. The lowest BCUT2D eigenvalue weighted by atomic mass is 10.0. The zero-order chi connectivity index (χ0) is 19.8. The molecule has 29 heavy (non-hydrogen) atoms. The molecule has 6 heteroatoms. The van der Waals surface area contributed by atoms with E-state index in [1.54, 1.807) is 12.4 Å². The van der Waals surface area contributed by atoms with Gasteiger partial charge in [0.1, 0.15) is 0 Å². The number of aromatic nitrogens is 4. The number of fused-ring (bicyclic) bond motifs is 1.